The quantitative estimate of drug-likeness (QED) is 0.417. The second-order valence-corrected chi connectivity index (χ2v) is 4.93. The van der Waals surface area contributed by atoms with E-state index in [-0.39, 0.29) is 0 Å². The van der Waals surface area contributed by atoms with Crippen LogP contribution in [0.5, 0.6) is 0 Å². The Labute approximate surface area is 111 Å². The van der Waals surface area contributed by atoms with Crippen LogP contribution in [0.3, 0.4) is 0 Å². The number of hydrogen-bond donors (Lipinski definition) is 2. The van der Waals surface area contributed by atoms with Gasteiger partial charge in [-0.3, -0.25) is 4.98 Å². The molecule has 3 aromatic rings. The SMILES string of the molecule is CC(C)c1cc2ccc3ncccc3c2nc1NN. The van der Waals surface area contributed by atoms with Crippen LogP contribution >= 0.6 is 0 Å². The number of fused-ring (bicyclic) bond motifs is 3. The fraction of sp³-hybridized carbons (Fsp3) is 0.200. The van der Waals surface area contributed by atoms with Crippen molar-refractivity contribution >= 4 is 27.6 Å². The molecule has 0 spiro atoms. The van der Waals surface area contributed by atoms with Crippen molar-refractivity contribution in [3.63, 3.8) is 0 Å². The number of nitrogens with zero attached hydrogens (tertiary/aromatic N) is 2. The van der Waals surface area contributed by atoms with E-state index in [9.17, 15) is 0 Å². The average molecular weight is 252 g/mol. The van der Waals surface area contributed by atoms with Crippen LogP contribution in [0.4, 0.5) is 5.82 Å². The molecule has 3 N–H and O–H groups in total. The Morgan fingerprint density at radius 2 is 2.05 bits per heavy atom. The molecule has 0 radical (unpaired) electrons. The lowest BCUT2D eigenvalue weighted by molar-refractivity contribution is 0.862. The van der Waals surface area contributed by atoms with Crippen molar-refractivity contribution in [1.82, 2.24) is 9.97 Å². The Morgan fingerprint density at radius 3 is 2.79 bits per heavy atom. The lowest BCUT2D eigenvalue weighted by Crippen LogP contribution is -2.12. The standard InChI is InChI=1S/C15H16N4/c1-9(2)12-8-10-5-6-13-11(4-3-7-17-13)14(10)18-15(12)19-16/h3-9H,16H2,1-2H3,(H,18,19). The summed E-state index contributed by atoms with van der Waals surface area (Å²) in [4.78, 5) is 9.02. The maximum absolute atomic E-state index is 5.60. The van der Waals surface area contributed by atoms with Gasteiger partial charge in [-0.1, -0.05) is 19.9 Å². The fourth-order valence-electron chi connectivity index (χ4n) is 2.36. The van der Waals surface area contributed by atoms with Gasteiger partial charge in [-0.25, -0.2) is 10.8 Å². The monoisotopic (exact) mass is 252 g/mol. The molecular formula is C15H16N4. The van der Waals surface area contributed by atoms with E-state index in [4.69, 9.17) is 5.84 Å². The summed E-state index contributed by atoms with van der Waals surface area (Å²) in [7, 11) is 0. The average Bonchev–Trinajstić information content (AvgIpc) is 2.45. The van der Waals surface area contributed by atoms with Crippen molar-refractivity contribution in [2.75, 3.05) is 5.43 Å². The van der Waals surface area contributed by atoms with E-state index >= 15 is 0 Å². The van der Waals surface area contributed by atoms with Crippen molar-refractivity contribution in [2.45, 2.75) is 19.8 Å². The van der Waals surface area contributed by atoms with Gasteiger partial charge in [0.15, 0.2) is 0 Å². The minimum atomic E-state index is 0.368. The van der Waals surface area contributed by atoms with Gasteiger partial charge in [0, 0.05) is 17.0 Å². The van der Waals surface area contributed by atoms with Gasteiger partial charge in [0.25, 0.3) is 0 Å². The summed E-state index contributed by atoms with van der Waals surface area (Å²) in [5.41, 5.74) is 5.71. The van der Waals surface area contributed by atoms with Crippen molar-refractivity contribution in [3.8, 4) is 0 Å². The first-order chi connectivity index (χ1) is 9.20. The Hall–Kier alpha value is -2.20. The molecule has 0 aliphatic carbocycles. The zero-order chi connectivity index (χ0) is 13.4. The minimum Gasteiger partial charge on any atom is -0.308 e. The van der Waals surface area contributed by atoms with Gasteiger partial charge in [-0.15, -0.1) is 0 Å². The van der Waals surface area contributed by atoms with E-state index in [1.54, 1.807) is 6.20 Å². The molecule has 96 valence electrons. The molecule has 4 heteroatoms. The maximum atomic E-state index is 5.60. The third kappa shape index (κ3) is 1.90. The van der Waals surface area contributed by atoms with Gasteiger partial charge in [0.05, 0.1) is 11.0 Å². The van der Waals surface area contributed by atoms with Crippen LogP contribution in [0.2, 0.25) is 0 Å². The van der Waals surface area contributed by atoms with Crippen molar-refractivity contribution < 1.29 is 0 Å². The van der Waals surface area contributed by atoms with E-state index in [1.165, 1.54) is 0 Å². The highest BCUT2D eigenvalue weighted by atomic mass is 15.2. The van der Waals surface area contributed by atoms with Crippen LogP contribution < -0.4 is 11.3 Å². The smallest absolute Gasteiger partial charge is 0.144 e. The first-order valence-electron chi connectivity index (χ1n) is 6.35. The molecule has 0 aliphatic heterocycles. The van der Waals surface area contributed by atoms with Crippen molar-refractivity contribution in [2.24, 2.45) is 5.84 Å². The fourth-order valence-corrected chi connectivity index (χ4v) is 2.36. The van der Waals surface area contributed by atoms with Gasteiger partial charge in [-0.05, 0) is 35.7 Å². The second-order valence-electron chi connectivity index (χ2n) is 4.93. The Kier molecular flexibility index (Phi) is 2.80. The predicted molar refractivity (Wildman–Crippen MR) is 78.9 cm³/mol. The third-order valence-electron chi connectivity index (χ3n) is 3.35. The number of nitrogens with two attached hydrogens (primary N) is 1. The molecular weight excluding hydrogens is 236 g/mol. The number of anilines is 1. The van der Waals surface area contributed by atoms with Crippen LogP contribution in [-0.2, 0) is 0 Å². The normalized spacial score (nSPS) is 11.4. The molecule has 19 heavy (non-hydrogen) atoms. The molecule has 1 aromatic carbocycles. The predicted octanol–water partition coefficient (Wildman–Crippen LogP) is 3.19. The summed E-state index contributed by atoms with van der Waals surface area (Å²) < 4.78 is 0. The highest BCUT2D eigenvalue weighted by Crippen LogP contribution is 2.29. The molecule has 0 atom stereocenters. The summed E-state index contributed by atoms with van der Waals surface area (Å²) in [6, 6.07) is 10.2. The molecule has 0 saturated carbocycles. The largest absolute Gasteiger partial charge is 0.308 e. The highest BCUT2D eigenvalue weighted by molar-refractivity contribution is 6.04. The summed E-state index contributed by atoms with van der Waals surface area (Å²) in [5, 5.41) is 2.16. The van der Waals surface area contributed by atoms with E-state index in [1.807, 2.05) is 18.2 Å². The number of benzene rings is 1. The van der Waals surface area contributed by atoms with Crippen LogP contribution in [0.1, 0.15) is 25.3 Å². The topological polar surface area (TPSA) is 63.8 Å². The van der Waals surface area contributed by atoms with E-state index < -0.39 is 0 Å². The van der Waals surface area contributed by atoms with Crippen molar-refractivity contribution in [3.05, 3.63) is 42.1 Å². The molecule has 0 unspecified atom stereocenters. The molecule has 0 saturated heterocycles. The van der Waals surface area contributed by atoms with Crippen LogP contribution in [0.25, 0.3) is 21.8 Å². The minimum absolute atomic E-state index is 0.368. The Morgan fingerprint density at radius 1 is 1.21 bits per heavy atom. The van der Waals surface area contributed by atoms with Gasteiger partial charge >= 0.3 is 0 Å². The number of nitrogens with one attached hydrogen (secondary N) is 1. The number of rotatable bonds is 2. The Bertz CT molecular complexity index is 750. The van der Waals surface area contributed by atoms with Gasteiger partial charge in [0.2, 0.25) is 0 Å². The number of pyridine rings is 2. The lowest BCUT2D eigenvalue weighted by Gasteiger charge is -2.13. The molecule has 2 aromatic heterocycles. The van der Waals surface area contributed by atoms with Gasteiger partial charge in [-0.2, -0.15) is 0 Å². The number of nitrogen functional groups attached to an aromatic ring is 1. The van der Waals surface area contributed by atoms with Crippen LogP contribution in [0, 0.1) is 0 Å². The summed E-state index contributed by atoms with van der Waals surface area (Å²) in [6.07, 6.45) is 1.79. The zero-order valence-corrected chi connectivity index (χ0v) is 11.0. The summed E-state index contributed by atoms with van der Waals surface area (Å²) in [5.74, 6) is 6.70. The van der Waals surface area contributed by atoms with Gasteiger partial charge in [0.1, 0.15) is 5.82 Å². The highest BCUT2D eigenvalue weighted by Gasteiger charge is 2.11. The summed E-state index contributed by atoms with van der Waals surface area (Å²) >= 11 is 0. The molecule has 3 rings (SSSR count). The zero-order valence-electron chi connectivity index (χ0n) is 11.0. The molecule has 0 aliphatic rings. The van der Waals surface area contributed by atoms with E-state index in [0.717, 1.165) is 33.2 Å². The third-order valence-corrected chi connectivity index (χ3v) is 3.35. The van der Waals surface area contributed by atoms with E-state index in [2.05, 4.69) is 41.4 Å². The molecule has 0 bridgehead atoms. The molecule has 0 amide bonds. The second kappa shape index (κ2) is 4.48. The first kappa shape index (κ1) is 11.9. The molecule has 2 heterocycles. The number of hydrazine groups is 1. The number of hydrogen-bond acceptors (Lipinski definition) is 4. The number of aromatic nitrogens is 2. The lowest BCUT2D eigenvalue weighted by atomic mass is 10.0. The molecule has 0 fully saturated rings. The Balaban J connectivity index is 2.41. The molecule has 4 nitrogen and oxygen atoms in total. The van der Waals surface area contributed by atoms with Crippen LogP contribution in [-0.4, -0.2) is 9.97 Å². The summed E-state index contributed by atoms with van der Waals surface area (Å²) in [6.45, 7) is 4.26. The van der Waals surface area contributed by atoms with Crippen molar-refractivity contribution in [1.29, 1.82) is 0 Å². The van der Waals surface area contributed by atoms with Crippen LogP contribution in [0.15, 0.2) is 36.5 Å². The first-order valence-corrected chi connectivity index (χ1v) is 6.35. The van der Waals surface area contributed by atoms with E-state index in [0.29, 0.717) is 5.92 Å². The van der Waals surface area contributed by atoms with Gasteiger partial charge < -0.3 is 5.43 Å². The maximum Gasteiger partial charge on any atom is 0.144 e.